The molecule has 0 spiro atoms. The van der Waals surface area contributed by atoms with Gasteiger partial charge in [0.1, 0.15) is 11.0 Å². The molecule has 2 saturated carbocycles. The Kier molecular flexibility index (Phi) is 3.63. The van der Waals surface area contributed by atoms with Crippen molar-refractivity contribution in [2.75, 3.05) is 0 Å². The van der Waals surface area contributed by atoms with Gasteiger partial charge in [0, 0.05) is 11.8 Å². The van der Waals surface area contributed by atoms with Gasteiger partial charge in [-0.15, -0.1) is 0 Å². The molecule has 0 radical (unpaired) electrons. The molecule has 2 nitrogen and oxygen atoms in total. The van der Waals surface area contributed by atoms with Crippen LogP contribution in [0.5, 0.6) is 0 Å². The van der Waals surface area contributed by atoms with E-state index < -0.39 is 0 Å². The lowest BCUT2D eigenvalue weighted by atomic mass is 9.82. The van der Waals surface area contributed by atoms with E-state index in [0.717, 1.165) is 21.9 Å². The van der Waals surface area contributed by atoms with Gasteiger partial charge in [0.15, 0.2) is 0 Å². The summed E-state index contributed by atoms with van der Waals surface area (Å²) in [6, 6.07) is 0. The molecule has 0 atom stereocenters. The monoisotopic (exact) mass is 328 g/mol. The van der Waals surface area contributed by atoms with Crippen LogP contribution < -0.4 is 0 Å². The maximum absolute atomic E-state index is 6.24. The third-order valence-corrected chi connectivity index (χ3v) is 5.48. The summed E-state index contributed by atoms with van der Waals surface area (Å²) in [7, 11) is 0. The van der Waals surface area contributed by atoms with E-state index in [4.69, 9.17) is 16.6 Å². The molecule has 98 valence electrons. The van der Waals surface area contributed by atoms with Gasteiger partial charge in [-0.25, -0.2) is 9.97 Å². The van der Waals surface area contributed by atoms with Crippen molar-refractivity contribution in [3.63, 3.8) is 0 Å². The molecule has 3 rings (SSSR count). The zero-order valence-electron chi connectivity index (χ0n) is 10.6. The topological polar surface area (TPSA) is 25.8 Å². The largest absolute Gasteiger partial charge is 0.236 e. The van der Waals surface area contributed by atoms with Crippen LogP contribution in [0.4, 0.5) is 0 Å². The summed E-state index contributed by atoms with van der Waals surface area (Å²) >= 11 is 9.77. The SMILES string of the molecule is CC1CCC(c2nc(Cl)c(Br)c(C3CC3)n2)CC1. The molecule has 1 aromatic rings. The zero-order valence-corrected chi connectivity index (χ0v) is 13.0. The fourth-order valence-corrected chi connectivity index (χ4v) is 3.47. The van der Waals surface area contributed by atoms with Crippen LogP contribution in [0.1, 0.15) is 68.8 Å². The van der Waals surface area contributed by atoms with Crippen LogP contribution in [-0.4, -0.2) is 9.97 Å². The highest BCUT2D eigenvalue weighted by Gasteiger charge is 2.31. The highest BCUT2D eigenvalue weighted by molar-refractivity contribution is 9.10. The summed E-state index contributed by atoms with van der Waals surface area (Å²) in [5, 5.41) is 0.598. The third kappa shape index (κ3) is 2.57. The molecule has 4 heteroatoms. The average Bonchev–Trinajstić information content (AvgIpc) is 3.18. The maximum Gasteiger partial charge on any atom is 0.147 e. The average molecular weight is 330 g/mol. The Morgan fingerprint density at radius 2 is 1.61 bits per heavy atom. The van der Waals surface area contributed by atoms with Gasteiger partial charge >= 0.3 is 0 Å². The van der Waals surface area contributed by atoms with Crippen molar-refractivity contribution in [2.45, 2.75) is 57.3 Å². The van der Waals surface area contributed by atoms with Crippen LogP contribution in [0.25, 0.3) is 0 Å². The van der Waals surface area contributed by atoms with Crippen LogP contribution >= 0.6 is 27.5 Å². The lowest BCUT2D eigenvalue weighted by Crippen LogP contribution is -2.14. The molecular formula is C14H18BrClN2. The van der Waals surface area contributed by atoms with Crippen molar-refractivity contribution < 1.29 is 0 Å². The molecule has 0 unspecified atom stereocenters. The number of hydrogen-bond acceptors (Lipinski definition) is 2. The van der Waals surface area contributed by atoms with Gasteiger partial charge in [0.25, 0.3) is 0 Å². The Hall–Kier alpha value is -0.150. The van der Waals surface area contributed by atoms with E-state index in [9.17, 15) is 0 Å². The minimum atomic E-state index is 0.518. The van der Waals surface area contributed by atoms with Gasteiger partial charge in [-0.2, -0.15) is 0 Å². The Balaban J connectivity index is 1.87. The molecule has 0 aromatic carbocycles. The van der Waals surface area contributed by atoms with E-state index in [-0.39, 0.29) is 0 Å². The van der Waals surface area contributed by atoms with E-state index in [1.807, 2.05) is 0 Å². The van der Waals surface area contributed by atoms with Gasteiger partial charge in [0.05, 0.1) is 10.2 Å². The van der Waals surface area contributed by atoms with E-state index in [1.54, 1.807) is 0 Å². The zero-order chi connectivity index (χ0) is 12.7. The molecule has 1 aromatic heterocycles. The Labute approximate surface area is 122 Å². The number of halogens is 2. The third-order valence-electron chi connectivity index (χ3n) is 4.20. The second-order valence-electron chi connectivity index (χ2n) is 5.80. The second kappa shape index (κ2) is 5.09. The molecule has 0 N–H and O–H groups in total. The lowest BCUT2D eigenvalue weighted by Gasteiger charge is -2.25. The van der Waals surface area contributed by atoms with E-state index >= 15 is 0 Å². The summed E-state index contributed by atoms with van der Waals surface area (Å²) in [6.45, 7) is 2.33. The molecule has 0 bridgehead atoms. The van der Waals surface area contributed by atoms with Crippen LogP contribution in [0.3, 0.4) is 0 Å². The molecular weight excluding hydrogens is 312 g/mol. The molecule has 1 heterocycles. The quantitative estimate of drug-likeness (QED) is 0.708. The molecule has 2 aliphatic rings. The maximum atomic E-state index is 6.24. The van der Waals surface area contributed by atoms with Gasteiger partial charge in [-0.3, -0.25) is 0 Å². The molecule has 2 aliphatic carbocycles. The van der Waals surface area contributed by atoms with Gasteiger partial charge in [-0.1, -0.05) is 31.4 Å². The van der Waals surface area contributed by atoms with E-state index in [1.165, 1.54) is 38.5 Å². The van der Waals surface area contributed by atoms with Crippen molar-refractivity contribution in [3.05, 3.63) is 21.1 Å². The summed E-state index contributed by atoms with van der Waals surface area (Å²) < 4.78 is 0.916. The summed E-state index contributed by atoms with van der Waals surface area (Å²) in [6.07, 6.45) is 7.49. The van der Waals surface area contributed by atoms with Crippen molar-refractivity contribution in [1.29, 1.82) is 0 Å². The van der Waals surface area contributed by atoms with Crippen LogP contribution in [0, 0.1) is 5.92 Å². The first-order chi connectivity index (χ1) is 8.65. The first-order valence-electron chi connectivity index (χ1n) is 6.88. The Morgan fingerprint density at radius 3 is 2.22 bits per heavy atom. The van der Waals surface area contributed by atoms with Crippen molar-refractivity contribution >= 4 is 27.5 Å². The normalized spacial score (nSPS) is 28.4. The fourth-order valence-electron chi connectivity index (χ4n) is 2.78. The lowest BCUT2D eigenvalue weighted by molar-refractivity contribution is 0.339. The van der Waals surface area contributed by atoms with Gasteiger partial charge < -0.3 is 0 Å². The highest BCUT2D eigenvalue weighted by Crippen LogP contribution is 2.44. The number of hydrogen-bond donors (Lipinski definition) is 0. The summed E-state index contributed by atoms with van der Waals surface area (Å²) in [5.41, 5.74) is 1.14. The van der Waals surface area contributed by atoms with Crippen LogP contribution in [-0.2, 0) is 0 Å². The van der Waals surface area contributed by atoms with Crippen LogP contribution in [0.2, 0.25) is 5.15 Å². The standard InChI is InChI=1S/C14H18BrClN2/c1-8-2-4-10(5-3-8)14-17-12(9-6-7-9)11(15)13(16)18-14/h8-10H,2-7H2,1H3. The number of rotatable bonds is 2. The number of nitrogens with zero attached hydrogens (tertiary/aromatic N) is 2. The number of aromatic nitrogens is 2. The van der Waals surface area contributed by atoms with Crippen molar-refractivity contribution in [2.24, 2.45) is 5.92 Å². The van der Waals surface area contributed by atoms with E-state index in [2.05, 4.69) is 27.8 Å². The van der Waals surface area contributed by atoms with Gasteiger partial charge in [0.2, 0.25) is 0 Å². The van der Waals surface area contributed by atoms with Crippen molar-refractivity contribution in [1.82, 2.24) is 9.97 Å². The fraction of sp³-hybridized carbons (Fsp3) is 0.714. The molecule has 0 amide bonds. The molecule has 18 heavy (non-hydrogen) atoms. The minimum Gasteiger partial charge on any atom is -0.236 e. The molecule has 0 aliphatic heterocycles. The predicted molar refractivity (Wildman–Crippen MR) is 77.1 cm³/mol. The molecule has 0 saturated heterocycles. The minimum absolute atomic E-state index is 0.518. The predicted octanol–water partition coefficient (Wildman–Crippen LogP) is 5.06. The Bertz CT molecular complexity index is 451. The van der Waals surface area contributed by atoms with E-state index in [0.29, 0.717) is 17.0 Å². The smallest absolute Gasteiger partial charge is 0.147 e. The first kappa shape index (κ1) is 12.9. The van der Waals surface area contributed by atoms with Gasteiger partial charge in [-0.05, 0) is 47.5 Å². The second-order valence-corrected chi connectivity index (χ2v) is 6.95. The Morgan fingerprint density at radius 1 is 1.00 bits per heavy atom. The first-order valence-corrected chi connectivity index (χ1v) is 8.05. The summed E-state index contributed by atoms with van der Waals surface area (Å²) in [5.74, 6) is 2.97. The summed E-state index contributed by atoms with van der Waals surface area (Å²) in [4.78, 5) is 9.30. The van der Waals surface area contributed by atoms with Crippen LogP contribution in [0.15, 0.2) is 4.47 Å². The highest BCUT2D eigenvalue weighted by atomic mass is 79.9. The molecule has 2 fully saturated rings. The van der Waals surface area contributed by atoms with Crippen molar-refractivity contribution in [3.8, 4) is 0 Å².